The lowest BCUT2D eigenvalue weighted by Gasteiger charge is -1.96. The number of imidazole rings is 1. The van der Waals surface area contributed by atoms with Crippen LogP contribution in [0.3, 0.4) is 0 Å². The maximum absolute atomic E-state index is 10.3. The van der Waals surface area contributed by atoms with Crippen molar-refractivity contribution in [2.24, 2.45) is 7.05 Å². The first kappa shape index (κ1) is 11.9. The van der Waals surface area contributed by atoms with Crippen molar-refractivity contribution in [3.8, 4) is 0 Å². The molecule has 2 rings (SSSR count). The van der Waals surface area contributed by atoms with Crippen molar-refractivity contribution >= 4 is 21.6 Å². The Morgan fingerprint density at radius 1 is 1.59 bits per heavy atom. The topological polar surface area (TPSA) is 98.2 Å². The van der Waals surface area contributed by atoms with Crippen LogP contribution in [0.1, 0.15) is 0 Å². The summed E-state index contributed by atoms with van der Waals surface area (Å²) >= 11 is 0. The number of rotatable bonds is 4. The van der Waals surface area contributed by atoms with Crippen molar-refractivity contribution in [2.75, 3.05) is 6.61 Å². The Bertz CT molecular complexity index is 636. The minimum atomic E-state index is -4.39. The van der Waals surface area contributed by atoms with Crippen LogP contribution < -0.4 is 4.68 Å². The van der Waals surface area contributed by atoms with Crippen LogP contribution >= 0.6 is 0 Å². The van der Waals surface area contributed by atoms with Gasteiger partial charge in [0.15, 0.2) is 12.7 Å². The monoisotopic (exact) mass is 259 g/mol. The minimum Gasteiger partial charge on any atom is -0.313 e. The molecule has 92 valence electrons. The van der Waals surface area contributed by atoms with Crippen molar-refractivity contribution in [3.05, 3.63) is 18.6 Å². The van der Waals surface area contributed by atoms with Crippen LogP contribution in [0.4, 0.5) is 0 Å². The van der Waals surface area contributed by atoms with E-state index in [2.05, 4.69) is 14.3 Å². The first-order valence-electron chi connectivity index (χ1n) is 4.75. The van der Waals surface area contributed by atoms with Gasteiger partial charge in [0.2, 0.25) is 5.65 Å². The molecule has 0 bridgehead atoms. The second kappa shape index (κ2) is 4.35. The van der Waals surface area contributed by atoms with Gasteiger partial charge in [-0.2, -0.15) is 8.42 Å². The van der Waals surface area contributed by atoms with E-state index in [0.29, 0.717) is 5.65 Å². The maximum Gasteiger partial charge on any atom is 0.397 e. The van der Waals surface area contributed by atoms with E-state index in [0.717, 1.165) is 5.52 Å². The van der Waals surface area contributed by atoms with Gasteiger partial charge >= 0.3 is 10.4 Å². The molecule has 1 N–H and O–H groups in total. The van der Waals surface area contributed by atoms with Crippen molar-refractivity contribution in [1.82, 2.24) is 14.6 Å². The van der Waals surface area contributed by atoms with E-state index >= 15 is 0 Å². The largest absolute Gasteiger partial charge is 0.397 e. The van der Waals surface area contributed by atoms with Gasteiger partial charge in [0.25, 0.3) is 0 Å². The van der Waals surface area contributed by atoms with Crippen molar-refractivity contribution in [3.63, 3.8) is 0 Å². The lowest BCUT2D eigenvalue weighted by atomic mass is 10.5. The number of fused-ring (bicyclic) bond motifs is 1. The zero-order valence-electron chi connectivity index (χ0n) is 9.02. The second-order valence-electron chi connectivity index (χ2n) is 3.39. The van der Waals surface area contributed by atoms with E-state index in [1.807, 2.05) is 0 Å². The summed E-state index contributed by atoms with van der Waals surface area (Å²) < 4.78 is 36.5. The number of aromatic nitrogens is 4. The molecule has 0 spiro atoms. The molecule has 2 heterocycles. The van der Waals surface area contributed by atoms with E-state index < -0.39 is 10.4 Å². The molecule has 0 aromatic carbocycles. The lowest BCUT2D eigenvalue weighted by molar-refractivity contribution is -0.752. The molecular formula is C8H11N4O4S+. The molecule has 0 amide bonds. The molecule has 2 aromatic rings. The van der Waals surface area contributed by atoms with Crippen LogP contribution in [0.15, 0.2) is 18.6 Å². The van der Waals surface area contributed by atoms with Crippen LogP contribution in [-0.4, -0.2) is 34.2 Å². The summed E-state index contributed by atoms with van der Waals surface area (Å²) in [6.45, 7) is 0.0285. The smallest absolute Gasteiger partial charge is 0.313 e. The highest BCUT2D eigenvalue weighted by molar-refractivity contribution is 7.80. The highest BCUT2D eigenvalue weighted by Crippen LogP contribution is 2.03. The minimum absolute atomic E-state index is 0.181. The summed E-state index contributed by atoms with van der Waals surface area (Å²) in [5.41, 5.74) is 1.43. The Morgan fingerprint density at radius 2 is 2.35 bits per heavy atom. The third kappa shape index (κ3) is 2.96. The molecular weight excluding hydrogens is 248 g/mol. The fourth-order valence-corrected chi connectivity index (χ4v) is 1.64. The van der Waals surface area contributed by atoms with E-state index in [-0.39, 0.29) is 13.2 Å². The van der Waals surface area contributed by atoms with Crippen molar-refractivity contribution in [2.45, 2.75) is 6.54 Å². The molecule has 0 aliphatic heterocycles. The zero-order chi connectivity index (χ0) is 12.5. The fourth-order valence-electron chi connectivity index (χ4n) is 1.35. The Morgan fingerprint density at radius 3 is 3.06 bits per heavy atom. The number of hydrogen-bond donors (Lipinski definition) is 1. The van der Waals surface area contributed by atoms with Gasteiger partial charge in [0.1, 0.15) is 12.1 Å². The predicted molar refractivity (Wildman–Crippen MR) is 56.2 cm³/mol. The number of aryl methyl sites for hydroxylation is 1. The quantitative estimate of drug-likeness (QED) is 0.563. The molecule has 0 radical (unpaired) electrons. The average molecular weight is 259 g/mol. The first-order chi connectivity index (χ1) is 7.96. The highest BCUT2D eigenvalue weighted by atomic mass is 32.3. The predicted octanol–water partition coefficient (Wildman–Crippen LogP) is -0.925. The Balaban J connectivity index is 2.11. The third-order valence-corrected chi connectivity index (χ3v) is 2.58. The molecule has 0 aliphatic rings. The molecule has 0 fully saturated rings. The lowest BCUT2D eigenvalue weighted by Crippen LogP contribution is -2.40. The zero-order valence-corrected chi connectivity index (χ0v) is 9.83. The molecule has 0 unspecified atom stereocenters. The van der Waals surface area contributed by atoms with Crippen LogP contribution in [0.2, 0.25) is 0 Å². The first-order valence-corrected chi connectivity index (χ1v) is 6.12. The van der Waals surface area contributed by atoms with E-state index in [4.69, 9.17) is 4.55 Å². The molecule has 0 aliphatic carbocycles. The standard InChI is InChI=1S/C8H10N4O4S/c1-11-6-9-7-2-3-12(10-8(7)11)4-5-16-17(13,14)15/h2-3,6H,4-5H2,1H3/p+1. The maximum atomic E-state index is 10.3. The van der Waals surface area contributed by atoms with Crippen LogP contribution in [0, 0.1) is 0 Å². The van der Waals surface area contributed by atoms with Crippen LogP contribution in [0.5, 0.6) is 0 Å². The van der Waals surface area contributed by atoms with Gasteiger partial charge in [-0.15, -0.1) is 0 Å². The highest BCUT2D eigenvalue weighted by Gasteiger charge is 2.11. The molecule has 0 saturated carbocycles. The van der Waals surface area contributed by atoms with E-state index in [1.54, 1.807) is 30.2 Å². The Labute approximate surface area is 97.4 Å². The van der Waals surface area contributed by atoms with Gasteiger partial charge in [0.05, 0.1) is 6.33 Å². The average Bonchev–Trinajstić information content (AvgIpc) is 2.59. The molecule has 17 heavy (non-hydrogen) atoms. The van der Waals surface area contributed by atoms with E-state index in [1.165, 1.54) is 4.68 Å². The van der Waals surface area contributed by atoms with Crippen LogP contribution in [0.25, 0.3) is 11.2 Å². The SMILES string of the molecule is Cn1cnc2cc[n+](CCOS(=O)(=O)O)nc21. The van der Waals surface area contributed by atoms with Crippen molar-refractivity contribution < 1.29 is 21.8 Å². The van der Waals surface area contributed by atoms with Crippen LogP contribution in [-0.2, 0) is 28.2 Å². The summed E-state index contributed by atoms with van der Waals surface area (Å²) in [5, 5.41) is 4.22. The number of nitrogens with zero attached hydrogens (tertiary/aromatic N) is 4. The fraction of sp³-hybridized carbons (Fsp3) is 0.375. The van der Waals surface area contributed by atoms with E-state index in [9.17, 15) is 8.42 Å². The summed E-state index contributed by atoms with van der Waals surface area (Å²) in [4.78, 5) is 4.10. The van der Waals surface area contributed by atoms with Crippen molar-refractivity contribution in [1.29, 1.82) is 0 Å². The van der Waals surface area contributed by atoms with Gasteiger partial charge in [-0.25, -0.2) is 9.17 Å². The van der Waals surface area contributed by atoms with Gasteiger partial charge in [0, 0.05) is 18.2 Å². The summed E-state index contributed by atoms with van der Waals surface area (Å²) in [6.07, 6.45) is 3.29. The Kier molecular flexibility index (Phi) is 3.05. The molecule has 9 heteroatoms. The Hall–Kier alpha value is -1.58. The van der Waals surface area contributed by atoms with Gasteiger partial charge in [-0.3, -0.25) is 4.55 Å². The molecule has 2 aromatic heterocycles. The normalized spacial score (nSPS) is 12.1. The number of hydrogen-bond acceptors (Lipinski definition) is 5. The molecule has 8 nitrogen and oxygen atoms in total. The summed E-state index contributed by atoms with van der Waals surface area (Å²) in [6, 6.07) is 1.76. The van der Waals surface area contributed by atoms with Gasteiger partial charge in [-0.05, 0) is 0 Å². The molecule has 0 saturated heterocycles. The summed E-state index contributed by atoms with van der Waals surface area (Å²) in [7, 11) is -2.59. The summed E-state index contributed by atoms with van der Waals surface area (Å²) in [5.74, 6) is 0. The third-order valence-electron chi connectivity index (χ3n) is 2.11. The van der Waals surface area contributed by atoms with Gasteiger partial charge < -0.3 is 4.57 Å². The second-order valence-corrected chi connectivity index (χ2v) is 4.48. The van der Waals surface area contributed by atoms with Gasteiger partial charge in [-0.1, -0.05) is 4.68 Å². The molecule has 0 atom stereocenters.